The van der Waals surface area contributed by atoms with Crippen LogP contribution >= 0.6 is 0 Å². The third kappa shape index (κ3) is 4.06. The number of carbonyl (C=O) groups is 2. The summed E-state index contributed by atoms with van der Waals surface area (Å²) in [6.45, 7) is -0.114. The van der Waals surface area contributed by atoms with E-state index in [-0.39, 0.29) is 24.9 Å². The van der Waals surface area contributed by atoms with Crippen LogP contribution in [0.4, 0.5) is 22.4 Å². The molecule has 0 aliphatic carbocycles. The van der Waals surface area contributed by atoms with Crippen LogP contribution in [0.25, 0.3) is 0 Å². The minimum Gasteiger partial charge on any atom is -0.481 e. The number of likely N-dealkylation sites (tertiary alicyclic amines) is 1. The number of hydrogen-bond acceptors (Lipinski definition) is 3. The Labute approximate surface area is 133 Å². The van der Waals surface area contributed by atoms with Gasteiger partial charge in [0, 0.05) is 18.2 Å². The summed E-state index contributed by atoms with van der Waals surface area (Å²) in [4.78, 5) is 23.2. The van der Waals surface area contributed by atoms with Gasteiger partial charge in [-0.3, -0.25) is 4.79 Å². The van der Waals surface area contributed by atoms with Crippen molar-refractivity contribution in [1.29, 1.82) is 0 Å². The number of rotatable bonds is 3. The van der Waals surface area contributed by atoms with E-state index in [0.717, 1.165) is 17.0 Å². The molecule has 24 heavy (non-hydrogen) atoms. The molecule has 1 saturated heterocycles. The van der Waals surface area contributed by atoms with Crippen molar-refractivity contribution in [2.75, 3.05) is 6.54 Å². The lowest BCUT2D eigenvalue weighted by Gasteiger charge is -2.36. The van der Waals surface area contributed by atoms with Crippen molar-refractivity contribution in [2.24, 2.45) is 5.92 Å². The SMILES string of the molecule is O=C(O)C1CCN(C(=O)O)C(c2ccc(OC(F)(F)F)cc2F)C1. The summed E-state index contributed by atoms with van der Waals surface area (Å²) >= 11 is 0. The van der Waals surface area contributed by atoms with E-state index in [1.165, 1.54) is 0 Å². The van der Waals surface area contributed by atoms with Crippen molar-refractivity contribution in [2.45, 2.75) is 25.2 Å². The van der Waals surface area contributed by atoms with Gasteiger partial charge in [0.25, 0.3) is 0 Å². The van der Waals surface area contributed by atoms with Gasteiger partial charge >= 0.3 is 18.4 Å². The molecule has 0 saturated carbocycles. The smallest absolute Gasteiger partial charge is 0.481 e. The van der Waals surface area contributed by atoms with E-state index >= 15 is 0 Å². The molecule has 0 spiro atoms. The van der Waals surface area contributed by atoms with Crippen LogP contribution in [0.15, 0.2) is 18.2 Å². The summed E-state index contributed by atoms with van der Waals surface area (Å²) in [7, 11) is 0. The molecule has 2 atom stereocenters. The topological polar surface area (TPSA) is 87.1 Å². The van der Waals surface area contributed by atoms with Crippen LogP contribution in [-0.4, -0.2) is 40.1 Å². The third-order valence-electron chi connectivity index (χ3n) is 3.76. The molecule has 1 amide bonds. The number of piperidine rings is 1. The molecule has 6 nitrogen and oxygen atoms in total. The van der Waals surface area contributed by atoms with Gasteiger partial charge in [-0.05, 0) is 18.9 Å². The first-order chi connectivity index (χ1) is 11.1. The number of carboxylic acid groups (broad SMARTS) is 2. The molecular formula is C14H13F4NO5. The predicted octanol–water partition coefficient (Wildman–Crippen LogP) is 3.24. The lowest BCUT2D eigenvalue weighted by molar-refractivity contribution is -0.274. The van der Waals surface area contributed by atoms with Gasteiger partial charge in [0.15, 0.2) is 0 Å². The average Bonchev–Trinajstić information content (AvgIpc) is 2.44. The molecule has 1 aromatic carbocycles. The van der Waals surface area contributed by atoms with E-state index < -0.39 is 42.0 Å². The van der Waals surface area contributed by atoms with E-state index in [0.29, 0.717) is 6.07 Å². The number of halogens is 4. The second-order valence-electron chi connectivity index (χ2n) is 5.28. The molecule has 10 heteroatoms. The quantitative estimate of drug-likeness (QED) is 0.817. The van der Waals surface area contributed by atoms with Gasteiger partial charge in [-0.15, -0.1) is 13.2 Å². The lowest BCUT2D eigenvalue weighted by Crippen LogP contribution is -2.42. The second kappa shape index (κ2) is 6.54. The van der Waals surface area contributed by atoms with Gasteiger partial charge < -0.3 is 19.8 Å². The lowest BCUT2D eigenvalue weighted by atomic mass is 9.87. The van der Waals surface area contributed by atoms with E-state index in [1.807, 2.05) is 0 Å². The minimum atomic E-state index is -4.99. The van der Waals surface area contributed by atoms with Gasteiger partial charge in [0.05, 0.1) is 12.0 Å². The van der Waals surface area contributed by atoms with Crippen molar-refractivity contribution in [3.63, 3.8) is 0 Å². The molecule has 1 aromatic rings. The summed E-state index contributed by atoms with van der Waals surface area (Å²) in [5, 5.41) is 18.2. The first-order valence-corrected chi connectivity index (χ1v) is 6.86. The highest BCUT2D eigenvalue weighted by Gasteiger charge is 2.37. The maximum atomic E-state index is 14.2. The van der Waals surface area contributed by atoms with Crippen LogP contribution in [0.3, 0.4) is 0 Å². The van der Waals surface area contributed by atoms with Crippen LogP contribution in [-0.2, 0) is 4.79 Å². The number of hydrogen-bond donors (Lipinski definition) is 2. The first kappa shape index (κ1) is 17.8. The van der Waals surface area contributed by atoms with Gasteiger partial charge in [0.2, 0.25) is 0 Å². The fourth-order valence-corrected chi connectivity index (χ4v) is 2.69. The number of carboxylic acids is 1. The highest BCUT2D eigenvalue weighted by molar-refractivity contribution is 5.71. The Morgan fingerprint density at radius 1 is 1.25 bits per heavy atom. The van der Waals surface area contributed by atoms with Crippen LogP contribution in [0.5, 0.6) is 5.75 Å². The fourth-order valence-electron chi connectivity index (χ4n) is 2.69. The minimum absolute atomic E-state index is 0.0784. The number of alkyl halides is 3. The Bertz CT molecular complexity index is 649. The Balaban J connectivity index is 2.31. The largest absolute Gasteiger partial charge is 0.573 e. The maximum absolute atomic E-state index is 14.2. The maximum Gasteiger partial charge on any atom is 0.573 e. The molecule has 1 aliphatic heterocycles. The molecule has 1 fully saturated rings. The van der Waals surface area contributed by atoms with Gasteiger partial charge in [-0.1, -0.05) is 6.07 Å². The molecule has 2 N–H and O–H groups in total. The van der Waals surface area contributed by atoms with Crippen LogP contribution < -0.4 is 4.74 Å². The van der Waals surface area contributed by atoms with Gasteiger partial charge in [0.1, 0.15) is 11.6 Å². The van der Waals surface area contributed by atoms with Gasteiger partial charge in [-0.25, -0.2) is 9.18 Å². The highest BCUT2D eigenvalue weighted by Crippen LogP contribution is 2.37. The normalized spacial score (nSPS) is 21.4. The Kier molecular flexibility index (Phi) is 4.86. The molecule has 0 radical (unpaired) electrons. The van der Waals surface area contributed by atoms with Crippen molar-refractivity contribution in [1.82, 2.24) is 4.90 Å². The number of nitrogens with zero attached hydrogens (tertiary/aromatic N) is 1. The molecule has 0 aromatic heterocycles. The van der Waals surface area contributed by atoms with Gasteiger partial charge in [-0.2, -0.15) is 0 Å². The van der Waals surface area contributed by atoms with Crippen molar-refractivity contribution in [3.8, 4) is 5.75 Å². The summed E-state index contributed by atoms with van der Waals surface area (Å²) in [5.41, 5.74) is -0.196. The molecule has 2 rings (SSSR count). The van der Waals surface area contributed by atoms with E-state index in [1.54, 1.807) is 0 Å². The zero-order chi connectivity index (χ0) is 18.1. The molecule has 1 heterocycles. The Hall–Kier alpha value is -2.52. The molecular weight excluding hydrogens is 338 g/mol. The van der Waals surface area contributed by atoms with E-state index in [9.17, 15) is 32.3 Å². The zero-order valence-corrected chi connectivity index (χ0v) is 12.1. The fraction of sp³-hybridized carbons (Fsp3) is 0.429. The predicted molar refractivity (Wildman–Crippen MR) is 70.9 cm³/mol. The zero-order valence-electron chi connectivity index (χ0n) is 12.1. The molecule has 1 aliphatic rings. The summed E-state index contributed by atoms with van der Waals surface area (Å²) < 4.78 is 54.2. The number of aliphatic carboxylic acids is 1. The summed E-state index contributed by atoms with van der Waals surface area (Å²) in [5.74, 6) is -3.88. The summed E-state index contributed by atoms with van der Waals surface area (Å²) in [6, 6.07) is 1.22. The first-order valence-electron chi connectivity index (χ1n) is 6.86. The second-order valence-corrected chi connectivity index (χ2v) is 5.28. The van der Waals surface area contributed by atoms with Crippen LogP contribution in [0.2, 0.25) is 0 Å². The van der Waals surface area contributed by atoms with Crippen LogP contribution in [0, 0.1) is 11.7 Å². The third-order valence-corrected chi connectivity index (χ3v) is 3.76. The highest BCUT2D eigenvalue weighted by atomic mass is 19.4. The standard InChI is InChI=1S/C14H13F4NO5/c15-10-6-8(24-14(16,17)18)1-2-9(10)11-5-7(12(20)21)3-4-19(11)13(22)23/h1-2,6-7,11H,3-5H2,(H,20,21)(H,22,23). The summed E-state index contributed by atoms with van der Waals surface area (Å²) in [6.07, 6.45) is -6.44. The number of benzene rings is 1. The monoisotopic (exact) mass is 351 g/mol. The average molecular weight is 351 g/mol. The van der Waals surface area contributed by atoms with Crippen molar-refractivity contribution in [3.05, 3.63) is 29.6 Å². The Morgan fingerprint density at radius 3 is 2.42 bits per heavy atom. The molecule has 132 valence electrons. The molecule has 0 bridgehead atoms. The van der Waals surface area contributed by atoms with Crippen molar-refractivity contribution >= 4 is 12.1 Å². The van der Waals surface area contributed by atoms with Crippen LogP contribution in [0.1, 0.15) is 24.4 Å². The molecule has 2 unspecified atom stereocenters. The number of ether oxygens (including phenoxy) is 1. The van der Waals surface area contributed by atoms with E-state index in [4.69, 9.17) is 5.11 Å². The number of amides is 1. The van der Waals surface area contributed by atoms with Crippen molar-refractivity contribution < 1.29 is 42.1 Å². The Morgan fingerprint density at radius 2 is 1.92 bits per heavy atom. The van der Waals surface area contributed by atoms with E-state index in [2.05, 4.69) is 4.74 Å².